The summed E-state index contributed by atoms with van der Waals surface area (Å²) in [5.74, 6) is 0.389. The Morgan fingerprint density at radius 3 is 2.52 bits per heavy atom. The van der Waals surface area contributed by atoms with Gasteiger partial charge in [0.25, 0.3) is 0 Å². The first-order chi connectivity index (χ1) is 11.2. The Bertz CT molecular complexity index is 785. The molecular weight excluding hydrogens is 296 g/mol. The van der Waals surface area contributed by atoms with Crippen molar-refractivity contribution in [2.24, 2.45) is 0 Å². The summed E-state index contributed by atoms with van der Waals surface area (Å²) in [6, 6.07) is 16.0. The van der Waals surface area contributed by atoms with Crippen molar-refractivity contribution < 1.29 is 14.6 Å². The maximum absolute atomic E-state index is 10.8. The van der Waals surface area contributed by atoms with Gasteiger partial charge in [-0.1, -0.05) is 30.3 Å². The highest BCUT2D eigenvalue weighted by molar-refractivity contribution is 5.87. The number of benzene rings is 2. The average molecular weight is 310 g/mol. The molecule has 3 aromatic rings. The molecule has 0 unspecified atom stereocenters. The molecule has 116 valence electrons. The molecular formula is C16H14N4O3. The summed E-state index contributed by atoms with van der Waals surface area (Å²) in [5.41, 5.74) is 1.15. The number of carboxylic acid groups (broad SMARTS) is 1. The quantitative estimate of drug-likeness (QED) is 0.749. The lowest BCUT2D eigenvalue weighted by Crippen LogP contribution is -2.10. The van der Waals surface area contributed by atoms with Crippen LogP contribution in [-0.2, 0) is 13.2 Å². The number of tetrazole rings is 1. The third kappa shape index (κ3) is 3.70. The highest BCUT2D eigenvalue weighted by Crippen LogP contribution is 2.11. The van der Waals surface area contributed by atoms with Crippen LogP contribution in [0.2, 0.25) is 0 Å². The van der Waals surface area contributed by atoms with E-state index in [2.05, 4.69) is 15.5 Å². The number of hydrogen-bond acceptors (Lipinski definition) is 5. The van der Waals surface area contributed by atoms with Gasteiger partial charge in [0.05, 0.1) is 12.1 Å². The molecule has 0 aliphatic carbocycles. The molecule has 1 heterocycles. The summed E-state index contributed by atoms with van der Waals surface area (Å²) in [4.78, 5) is 10.8. The van der Waals surface area contributed by atoms with E-state index in [0.29, 0.717) is 12.4 Å². The Labute approximate surface area is 132 Å². The van der Waals surface area contributed by atoms with Crippen LogP contribution >= 0.6 is 0 Å². The number of hydrogen-bond donors (Lipinski definition) is 1. The summed E-state index contributed by atoms with van der Waals surface area (Å²) in [6.45, 7) is 0.699. The van der Waals surface area contributed by atoms with Gasteiger partial charge in [-0.2, -0.15) is 0 Å². The van der Waals surface area contributed by atoms with Crippen molar-refractivity contribution in [3.63, 3.8) is 0 Å². The topological polar surface area (TPSA) is 90.1 Å². The van der Waals surface area contributed by atoms with Crippen molar-refractivity contribution >= 4 is 5.97 Å². The van der Waals surface area contributed by atoms with E-state index in [0.717, 1.165) is 11.3 Å². The Morgan fingerprint density at radius 2 is 1.83 bits per heavy atom. The molecule has 1 N–H and O–H groups in total. The molecule has 3 rings (SSSR count). The molecule has 7 nitrogen and oxygen atoms in total. The van der Waals surface area contributed by atoms with E-state index in [1.165, 1.54) is 0 Å². The molecule has 0 amide bonds. The number of carbonyl (C=O) groups is 1. The van der Waals surface area contributed by atoms with Crippen LogP contribution in [0.1, 0.15) is 21.7 Å². The fourth-order valence-electron chi connectivity index (χ4n) is 2.04. The lowest BCUT2D eigenvalue weighted by atomic mass is 10.1. The first-order valence-corrected chi connectivity index (χ1v) is 6.97. The van der Waals surface area contributed by atoms with Gasteiger partial charge in [0.15, 0.2) is 5.82 Å². The van der Waals surface area contributed by atoms with E-state index in [1.807, 2.05) is 30.3 Å². The van der Waals surface area contributed by atoms with Crippen molar-refractivity contribution in [2.75, 3.05) is 0 Å². The molecule has 2 aromatic carbocycles. The second kappa shape index (κ2) is 6.69. The summed E-state index contributed by atoms with van der Waals surface area (Å²) in [7, 11) is 0. The number of nitrogens with zero attached hydrogens (tertiary/aromatic N) is 4. The van der Waals surface area contributed by atoms with Gasteiger partial charge >= 0.3 is 5.97 Å². The molecule has 0 saturated heterocycles. The normalized spacial score (nSPS) is 10.4. The highest BCUT2D eigenvalue weighted by atomic mass is 16.5. The Balaban J connectivity index is 1.67. The van der Waals surface area contributed by atoms with Gasteiger partial charge < -0.3 is 9.84 Å². The molecule has 0 spiro atoms. The Morgan fingerprint density at radius 1 is 1.09 bits per heavy atom. The zero-order valence-electron chi connectivity index (χ0n) is 12.2. The first kappa shape index (κ1) is 14.7. The van der Waals surface area contributed by atoms with Crippen LogP contribution in [0.4, 0.5) is 0 Å². The third-order valence-corrected chi connectivity index (χ3v) is 3.25. The molecule has 0 saturated carbocycles. The number of rotatable bonds is 6. The van der Waals surface area contributed by atoms with Gasteiger partial charge in [-0.05, 0) is 40.3 Å². The monoisotopic (exact) mass is 310 g/mol. The van der Waals surface area contributed by atoms with Crippen LogP contribution in [0.5, 0.6) is 5.75 Å². The standard InChI is InChI=1S/C16H14N4O3/c21-16(22)13-8-6-12(7-9-13)10-20-15(17-18-19-20)11-23-14-4-2-1-3-5-14/h1-9H,10-11H2,(H,21,22). The maximum atomic E-state index is 10.8. The molecule has 0 aliphatic heterocycles. The number of aromatic nitrogens is 4. The molecule has 7 heteroatoms. The Kier molecular flexibility index (Phi) is 4.28. The van der Waals surface area contributed by atoms with Crippen LogP contribution in [0.15, 0.2) is 54.6 Å². The predicted octanol–water partition coefficient (Wildman–Crippen LogP) is 2.00. The Hall–Kier alpha value is -3.22. The van der Waals surface area contributed by atoms with E-state index in [-0.39, 0.29) is 12.2 Å². The fraction of sp³-hybridized carbons (Fsp3) is 0.125. The van der Waals surface area contributed by atoms with Gasteiger partial charge in [-0.3, -0.25) is 0 Å². The minimum Gasteiger partial charge on any atom is -0.486 e. The van der Waals surface area contributed by atoms with Crippen molar-refractivity contribution in [1.82, 2.24) is 20.2 Å². The highest BCUT2D eigenvalue weighted by Gasteiger charge is 2.08. The van der Waals surface area contributed by atoms with Crippen LogP contribution in [0.25, 0.3) is 0 Å². The molecule has 0 fully saturated rings. The van der Waals surface area contributed by atoms with Crippen molar-refractivity contribution in [2.45, 2.75) is 13.2 Å². The predicted molar refractivity (Wildman–Crippen MR) is 81.1 cm³/mol. The number of para-hydroxylation sites is 1. The molecule has 0 radical (unpaired) electrons. The van der Waals surface area contributed by atoms with Gasteiger partial charge in [0.1, 0.15) is 12.4 Å². The molecule has 0 aliphatic rings. The van der Waals surface area contributed by atoms with E-state index >= 15 is 0 Å². The van der Waals surface area contributed by atoms with Gasteiger partial charge in [0, 0.05) is 0 Å². The fourth-order valence-corrected chi connectivity index (χ4v) is 2.04. The van der Waals surface area contributed by atoms with E-state index in [9.17, 15) is 4.79 Å². The van der Waals surface area contributed by atoms with E-state index < -0.39 is 5.97 Å². The molecule has 0 bridgehead atoms. The van der Waals surface area contributed by atoms with Gasteiger partial charge in [-0.15, -0.1) is 5.10 Å². The number of ether oxygens (including phenoxy) is 1. The second-order valence-corrected chi connectivity index (χ2v) is 4.86. The molecule has 0 atom stereocenters. The largest absolute Gasteiger partial charge is 0.486 e. The van der Waals surface area contributed by atoms with Crippen LogP contribution in [0, 0.1) is 0 Å². The second-order valence-electron chi connectivity index (χ2n) is 4.86. The van der Waals surface area contributed by atoms with Crippen LogP contribution in [-0.4, -0.2) is 31.3 Å². The van der Waals surface area contributed by atoms with E-state index in [4.69, 9.17) is 9.84 Å². The minimum atomic E-state index is -0.948. The van der Waals surface area contributed by atoms with Gasteiger partial charge in [-0.25, -0.2) is 9.48 Å². The molecule has 23 heavy (non-hydrogen) atoms. The molecule has 1 aromatic heterocycles. The zero-order chi connectivity index (χ0) is 16.1. The summed E-state index contributed by atoms with van der Waals surface area (Å²) in [5, 5.41) is 20.5. The smallest absolute Gasteiger partial charge is 0.335 e. The maximum Gasteiger partial charge on any atom is 0.335 e. The van der Waals surface area contributed by atoms with Crippen molar-refractivity contribution in [3.8, 4) is 5.75 Å². The van der Waals surface area contributed by atoms with Crippen LogP contribution in [0.3, 0.4) is 0 Å². The zero-order valence-corrected chi connectivity index (χ0v) is 12.2. The summed E-state index contributed by atoms with van der Waals surface area (Å²) in [6.07, 6.45) is 0. The lowest BCUT2D eigenvalue weighted by Gasteiger charge is -2.07. The van der Waals surface area contributed by atoms with Crippen LogP contribution < -0.4 is 4.74 Å². The summed E-state index contributed by atoms with van der Waals surface area (Å²) < 4.78 is 7.26. The lowest BCUT2D eigenvalue weighted by molar-refractivity contribution is 0.0697. The number of carboxylic acids is 1. The number of aromatic carboxylic acids is 1. The first-order valence-electron chi connectivity index (χ1n) is 6.97. The van der Waals surface area contributed by atoms with Gasteiger partial charge in [0.2, 0.25) is 0 Å². The van der Waals surface area contributed by atoms with E-state index in [1.54, 1.807) is 28.9 Å². The minimum absolute atomic E-state index is 0.248. The third-order valence-electron chi connectivity index (χ3n) is 3.25. The average Bonchev–Trinajstić information content (AvgIpc) is 3.01. The SMILES string of the molecule is O=C(O)c1ccc(Cn2nnnc2COc2ccccc2)cc1. The van der Waals surface area contributed by atoms with Crippen molar-refractivity contribution in [1.29, 1.82) is 0 Å². The summed E-state index contributed by atoms with van der Waals surface area (Å²) >= 11 is 0. The van der Waals surface area contributed by atoms with Crippen molar-refractivity contribution in [3.05, 3.63) is 71.5 Å².